The third-order valence-electron chi connectivity index (χ3n) is 5.26. The Morgan fingerprint density at radius 2 is 1.71 bits per heavy atom. The number of nitrogens with zero attached hydrogens (tertiary/aromatic N) is 2. The Bertz CT molecular complexity index is 764. The minimum absolute atomic E-state index is 0. The van der Waals surface area contributed by atoms with Gasteiger partial charge >= 0.3 is 0 Å². The van der Waals surface area contributed by atoms with Gasteiger partial charge in [-0.2, -0.15) is 0 Å². The highest BCUT2D eigenvalue weighted by molar-refractivity contribution is 6.42. The maximum atomic E-state index is 12.9. The molecule has 0 N–H and O–H groups in total. The first kappa shape index (κ1) is 23.0. The fourth-order valence-electron chi connectivity index (χ4n) is 3.63. The summed E-state index contributed by atoms with van der Waals surface area (Å²) in [4.78, 5) is 17.3. The molecule has 0 saturated carbocycles. The van der Waals surface area contributed by atoms with Gasteiger partial charge in [0.1, 0.15) is 0 Å². The maximum absolute atomic E-state index is 12.9. The van der Waals surface area contributed by atoms with E-state index < -0.39 is 0 Å². The van der Waals surface area contributed by atoms with Gasteiger partial charge < -0.3 is 9.80 Å². The van der Waals surface area contributed by atoms with E-state index in [1.54, 1.807) is 12.1 Å². The molecule has 6 heteroatoms. The number of hydrogen-bond acceptors (Lipinski definition) is 2. The Balaban J connectivity index is 0.00000280. The van der Waals surface area contributed by atoms with Crippen LogP contribution in [0.2, 0.25) is 10.0 Å². The van der Waals surface area contributed by atoms with Gasteiger partial charge in [0, 0.05) is 19.6 Å². The van der Waals surface area contributed by atoms with Crippen molar-refractivity contribution in [2.75, 3.05) is 26.7 Å². The molecule has 1 fully saturated rings. The lowest BCUT2D eigenvalue weighted by atomic mass is 10.0. The van der Waals surface area contributed by atoms with E-state index in [4.69, 9.17) is 23.2 Å². The number of carbonyl (C=O) groups is 1. The number of likely N-dealkylation sites (tertiary alicyclic amines) is 1. The summed E-state index contributed by atoms with van der Waals surface area (Å²) in [6.07, 6.45) is 3.69. The van der Waals surface area contributed by atoms with Crippen LogP contribution in [0.1, 0.15) is 24.0 Å². The van der Waals surface area contributed by atoms with Gasteiger partial charge in [0.25, 0.3) is 0 Å². The predicted octanol–water partition coefficient (Wildman–Crippen LogP) is 5.12. The van der Waals surface area contributed by atoms with Gasteiger partial charge in [0.05, 0.1) is 16.5 Å². The molecule has 2 aromatic rings. The summed E-state index contributed by atoms with van der Waals surface area (Å²) in [7, 11) is 1.92. The van der Waals surface area contributed by atoms with Crippen LogP contribution in [0.25, 0.3) is 0 Å². The highest BCUT2D eigenvalue weighted by Gasteiger charge is 2.24. The minimum Gasteiger partial charge on any atom is -0.341 e. The van der Waals surface area contributed by atoms with E-state index in [2.05, 4.69) is 29.2 Å². The first-order valence-corrected chi connectivity index (χ1v) is 10.2. The zero-order valence-corrected chi connectivity index (χ0v) is 18.4. The molecular weight excluding hydrogens is 415 g/mol. The lowest BCUT2D eigenvalue weighted by molar-refractivity contribution is -0.131. The number of likely N-dealkylation sites (N-methyl/N-ethyl adjacent to an activating group) is 1. The highest BCUT2D eigenvalue weighted by atomic mass is 35.5. The molecule has 1 heterocycles. The van der Waals surface area contributed by atoms with Crippen LogP contribution in [0.4, 0.5) is 0 Å². The molecule has 0 aliphatic carbocycles. The molecule has 0 aromatic heterocycles. The second-order valence-corrected chi connectivity index (χ2v) is 8.10. The fraction of sp³-hybridized carbons (Fsp3) is 0.409. The molecule has 0 radical (unpaired) electrons. The van der Waals surface area contributed by atoms with Crippen LogP contribution in [-0.4, -0.2) is 48.4 Å². The monoisotopic (exact) mass is 440 g/mol. The fourth-order valence-corrected chi connectivity index (χ4v) is 3.95. The van der Waals surface area contributed by atoms with Crippen LogP contribution in [-0.2, 0) is 17.6 Å². The topological polar surface area (TPSA) is 23.6 Å². The van der Waals surface area contributed by atoms with Crippen LogP contribution in [0.5, 0.6) is 0 Å². The lowest BCUT2D eigenvalue weighted by Gasteiger charge is -2.32. The van der Waals surface area contributed by atoms with Gasteiger partial charge in [-0.15, -0.1) is 12.4 Å². The van der Waals surface area contributed by atoms with E-state index in [1.165, 1.54) is 18.4 Å². The average Bonchev–Trinajstić information content (AvgIpc) is 3.17. The summed E-state index contributed by atoms with van der Waals surface area (Å²) in [5.41, 5.74) is 2.15. The largest absolute Gasteiger partial charge is 0.341 e. The SMILES string of the molecule is CN(C(=O)Cc1ccc(Cl)c(Cl)c1)[C@@H](Cc1ccccc1)CN1CCCC1.Cl. The standard InChI is InChI=1S/C22H26Cl2N2O.ClH/c1-25(22(27)15-18-9-10-20(23)21(24)14-18)19(16-26-11-5-6-12-26)13-17-7-3-2-4-8-17;/h2-4,7-10,14,19H,5-6,11-13,15-16H2,1H3;1H/t19-;/m0./s1. The Morgan fingerprint density at radius 3 is 2.36 bits per heavy atom. The van der Waals surface area contributed by atoms with Crippen molar-refractivity contribution < 1.29 is 4.79 Å². The van der Waals surface area contributed by atoms with Crippen molar-refractivity contribution in [2.24, 2.45) is 0 Å². The van der Waals surface area contributed by atoms with Gasteiger partial charge in [-0.1, -0.05) is 59.6 Å². The predicted molar refractivity (Wildman–Crippen MR) is 120 cm³/mol. The third kappa shape index (κ3) is 6.38. The normalized spacial score (nSPS) is 15.1. The summed E-state index contributed by atoms with van der Waals surface area (Å²) in [6, 6.07) is 16.0. The van der Waals surface area contributed by atoms with Crippen molar-refractivity contribution in [2.45, 2.75) is 31.7 Å². The summed E-state index contributed by atoms with van der Waals surface area (Å²) in [5, 5.41) is 1.000. The van der Waals surface area contributed by atoms with Crippen molar-refractivity contribution in [3.8, 4) is 0 Å². The maximum Gasteiger partial charge on any atom is 0.227 e. The van der Waals surface area contributed by atoms with Crippen LogP contribution in [0.3, 0.4) is 0 Å². The average molecular weight is 442 g/mol. The molecule has 1 aliphatic heterocycles. The van der Waals surface area contributed by atoms with Crippen molar-refractivity contribution >= 4 is 41.5 Å². The molecule has 0 bridgehead atoms. The summed E-state index contributed by atoms with van der Waals surface area (Å²) in [5.74, 6) is 0.105. The van der Waals surface area contributed by atoms with E-state index in [0.29, 0.717) is 16.5 Å². The van der Waals surface area contributed by atoms with E-state index >= 15 is 0 Å². The van der Waals surface area contributed by atoms with Crippen LogP contribution in [0, 0.1) is 0 Å². The molecule has 152 valence electrons. The number of amides is 1. The van der Waals surface area contributed by atoms with Gasteiger partial charge in [-0.25, -0.2) is 0 Å². The molecule has 0 unspecified atom stereocenters. The molecule has 3 nitrogen and oxygen atoms in total. The Kier molecular flexibility index (Phi) is 9.10. The van der Waals surface area contributed by atoms with E-state index in [0.717, 1.165) is 31.6 Å². The van der Waals surface area contributed by atoms with Crippen molar-refractivity contribution in [1.82, 2.24) is 9.80 Å². The van der Waals surface area contributed by atoms with Gasteiger partial charge in [0.15, 0.2) is 0 Å². The smallest absolute Gasteiger partial charge is 0.227 e. The van der Waals surface area contributed by atoms with E-state index in [1.807, 2.05) is 24.1 Å². The summed E-state index contributed by atoms with van der Waals surface area (Å²) < 4.78 is 0. The van der Waals surface area contributed by atoms with Crippen molar-refractivity contribution in [3.05, 3.63) is 69.7 Å². The first-order valence-electron chi connectivity index (χ1n) is 9.49. The molecule has 1 amide bonds. The summed E-state index contributed by atoms with van der Waals surface area (Å²) in [6.45, 7) is 3.17. The Labute approximate surface area is 184 Å². The van der Waals surface area contributed by atoms with Gasteiger partial charge in [-0.05, 0) is 55.6 Å². The quantitative estimate of drug-likeness (QED) is 0.595. The zero-order valence-electron chi connectivity index (χ0n) is 16.1. The molecule has 1 atom stereocenters. The molecular formula is C22H27Cl3N2O. The third-order valence-corrected chi connectivity index (χ3v) is 6.00. The number of halogens is 3. The molecule has 28 heavy (non-hydrogen) atoms. The second-order valence-electron chi connectivity index (χ2n) is 7.28. The van der Waals surface area contributed by atoms with Crippen LogP contribution < -0.4 is 0 Å². The Hall–Kier alpha value is -1.26. The first-order chi connectivity index (χ1) is 13.0. The summed E-state index contributed by atoms with van der Waals surface area (Å²) >= 11 is 12.1. The molecule has 0 spiro atoms. The number of hydrogen-bond donors (Lipinski definition) is 0. The van der Waals surface area contributed by atoms with E-state index in [-0.39, 0.29) is 24.4 Å². The molecule has 3 rings (SSSR count). The van der Waals surface area contributed by atoms with Crippen molar-refractivity contribution in [3.63, 3.8) is 0 Å². The number of benzene rings is 2. The molecule has 2 aromatic carbocycles. The second kappa shape index (κ2) is 11.1. The lowest BCUT2D eigenvalue weighted by Crippen LogP contribution is -2.46. The molecule has 1 aliphatic rings. The highest BCUT2D eigenvalue weighted by Crippen LogP contribution is 2.23. The Morgan fingerprint density at radius 1 is 1.04 bits per heavy atom. The zero-order chi connectivity index (χ0) is 19.2. The minimum atomic E-state index is 0. The van der Waals surface area contributed by atoms with Gasteiger partial charge in [0.2, 0.25) is 5.91 Å². The van der Waals surface area contributed by atoms with Crippen molar-refractivity contribution in [1.29, 1.82) is 0 Å². The number of rotatable bonds is 7. The van der Waals surface area contributed by atoms with E-state index in [9.17, 15) is 4.79 Å². The number of carbonyl (C=O) groups excluding carboxylic acids is 1. The van der Waals surface area contributed by atoms with Crippen LogP contribution in [0.15, 0.2) is 48.5 Å². The van der Waals surface area contributed by atoms with Crippen LogP contribution >= 0.6 is 35.6 Å². The molecule has 1 saturated heterocycles. The van der Waals surface area contributed by atoms with Gasteiger partial charge in [-0.3, -0.25) is 4.79 Å².